The fourth-order valence-corrected chi connectivity index (χ4v) is 2.27. The Morgan fingerprint density at radius 1 is 1.26 bits per heavy atom. The highest BCUT2D eigenvalue weighted by atomic mass is 32.2. The SMILES string of the molecule is CCSCCCNc1ccc(C(=O)NC(C)C)cc1. The van der Waals surface area contributed by atoms with E-state index in [2.05, 4.69) is 17.6 Å². The molecule has 106 valence electrons. The van der Waals surface area contributed by atoms with E-state index in [1.54, 1.807) is 0 Å². The minimum atomic E-state index is -0.0131. The molecule has 0 aliphatic carbocycles. The van der Waals surface area contributed by atoms with Crippen molar-refractivity contribution >= 4 is 23.4 Å². The second kappa shape index (κ2) is 8.86. The number of amides is 1. The summed E-state index contributed by atoms with van der Waals surface area (Å²) in [6.07, 6.45) is 1.16. The fourth-order valence-electron chi connectivity index (χ4n) is 1.64. The smallest absolute Gasteiger partial charge is 0.251 e. The van der Waals surface area contributed by atoms with Crippen molar-refractivity contribution in [2.45, 2.75) is 33.2 Å². The van der Waals surface area contributed by atoms with Crippen molar-refractivity contribution in [2.75, 3.05) is 23.4 Å². The van der Waals surface area contributed by atoms with Gasteiger partial charge in [0.05, 0.1) is 0 Å². The van der Waals surface area contributed by atoms with Gasteiger partial charge in [-0.1, -0.05) is 6.92 Å². The van der Waals surface area contributed by atoms with E-state index in [-0.39, 0.29) is 11.9 Å². The van der Waals surface area contributed by atoms with Crippen molar-refractivity contribution in [3.63, 3.8) is 0 Å². The quantitative estimate of drug-likeness (QED) is 0.717. The first kappa shape index (κ1) is 15.9. The summed E-state index contributed by atoms with van der Waals surface area (Å²) in [4.78, 5) is 11.8. The Morgan fingerprint density at radius 3 is 2.53 bits per heavy atom. The Labute approximate surface area is 120 Å². The zero-order valence-electron chi connectivity index (χ0n) is 12.0. The van der Waals surface area contributed by atoms with Gasteiger partial charge in [-0.15, -0.1) is 0 Å². The molecule has 1 rings (SSSR count). The minimum Gasteiger partial charge on any atom is -0.385 e. The molecular formula is C15H24N2OS. The van der Waals surface area contributed by atoms with Gasteiger partial charge in [0.1, 0.15) is 0 Å². The molecule has 1 aromatic carbocycles. The average Bonchev–Trinajstić information content (AvgIpc) is 2.38. The van der Waals surface area contributed by atoms with Crippen LogP contribution in [0.15, 0.2) is 24.3 Å². The van der Waals surface area contributed by atoms with E-state index in [4.69, 9.17) is 0 Å². The van der Waals surface area contributed by atoms with Gasteiger partial charge in [-0.2, -0.15) is 11.8 Å². The van der Waals surface area contributed by atoms with Gasteiger partial charge in [0, 0.05) is 23.8 Å². The molecular weight excluding hydrogens is 256 g/mol. The maximum absolute atomic E-state index is 11.8. The zero-order chi connectivity index (χ0) is 14.1. The van der Waals surface area contributed by atoms with Crippen molar-refractivity contribution in [1.82, 2.24) is 5.32 Å². The molecule has 19 heavy (non-hydrogen) atoms. The topological polar surface area (TPSA) is 41.1 Å². The van der Waals surface area contributed by atoms with Crippen LogP contribution in [-0.4, -0.2) is 30.0 Å². The van der Waals surface area contributed by atoms with Gasteiger partial charge in [-0.25, -0.2) is 0 Å². The average molecular weight is 280 g/mol. The van der Waals surface area contributed by atoms with Gasteiger partial charge >= 0.3 is 0 Å². The van der Waals surface area contributed by atoms with Crippen molar-refractivity contribution in [3.05, 3.63) is 29.8 Å². The number of nitrogens with one attached hydrogen (secondary N) is 2. The van der Waals surface area contributed by atoms with Crippen LogP contribution in [0, 0.1) is 0 Å². The number of rotatable bonds is 8. The van der Waals surface area contributed by atoms with Crippen LogP contribution in [0.25, 0.3) is 0 Å². The van der Waals surface area contributed by atoms with Gasteiger partial charge < -0.3 is 10.6 Å². The Hall–Kier alpha value is -1.16. The molecule has 0 bridgehead atoms. The summed E-state index contributed by atoms with van der Waals surface area (Å²) in [7, 11) is 0. The predicted octanol–water partition coefficient (Wildman–Crippen LogP) is 3.38. The fraction of sp³-hybridized carbons (Fsp3) is 0.533. The van der Waals surface area contributed by atoms with Gasteiger partial charge in [0.2, 0.25) is 0 Å². The Balaban J connectivity index is 2.37. The van der Waals surface area contributed by atoms with Crippen LogP contribution in [0.3, 0.4) is 0 Å². The Bertz CT molecular complexity index is 376. The molecule has 0 spiro atoms. The van der Waals surface area contributed by atoms with Gasteiger partial charge in [0.25, 0.3) is 5.91 Å². The lowest BCUT2D eigenvalue weighted by Gasteiger charge is -2.09. The molecule has 3 nitrogen and oxygen atoms in total. The number of anilines is 1. The lowest BCUT2D eigenvalue weighted by molar-refractivity contribution is 0.0943. The molecule has 0 saturated carbocycles. The number of hydrogen-bond donors (Lipinski definition) is 2. The summed E-state index contributed by atoms with van der Waals surface area (Å²) >= 11 is 1.96. The third-order valence-electron chi connectivity index (χ3n) is 2.57. The lowest BCUT2D eigenvalue weighted by atomic mass is 10.2. The third-order valence-corrected chi connectivity index (χ3v) is 3.55. The molecule has 1 amide bonds. The number of thioether (sulfide) groups is 1. The van der Waals surface area contributed by atoms with E-state index in [0.717, 1.165) is 18.7 Å². The summed E-state index contributed by atoms with van der Waals surface area (Å²) in [6, 6.07) is 7.81. The number of carbonyl (C=O) groups is 1. The number of carbonyl (C=O) groups excluding carboxylic acids is 1. The van der Waals surface area contributed by atoms with Gasteiger partial charge in [-0.3, -0.25) is 4.79 Å². The molecule has 2 N–H and O–H groups in total. The first-order valence-corrected chi connectivity index (χ1v) is 8.01. The first-order valence-electron chi connectivity index (χ1n) is 6.86. The summed E-state index contributed by atoms with van der Waals surface area (Å²) in [6.45, 7) is 7.08. The van der Waals surface area contributed by atoms with Crippen molar-refractivity contribution in [3.8, 4) is 0 Å². The highest BCUT2D eigenvalue weighted by Gasteiger charge is 2.05. The van der Waals surface area contributed by atoms with E-state index in [0.29, 0.717) is 5.56 Å². The summed E-state index contributed by atoms with van der Waals surface area (Å²) in [5, 5.41) is 6.25. The minimum absolute atomic E-state index is 0.0131. The summed E-state index contributed by atoms with van der Waals surface area (Å²) < 4.78 is 0. The van der Waals surface area contributed by atoms with Crippen LogP contribution in [0.1, 0.15) is 37.6 Å². The largest absolute Gasteiger partial charge is 0.385 e. The molecule has 0 fully saturated rings. The summed E-state index contributed by atoms with van der Waals surface area (Å²) in [5.74, 6) is 2.36. The van der Waals surface area contributed by atoms with Crippen LogP contribution in [0.5, 0.6) is 0 Å². The molecule has 0 aliphatic rings. The van der Waals surface area contributed by atoms with Crippen LogP contribution >= 0.6 is 11.8 Å². The van der Waals surface area contributed by atoms with Crippen molar-refractivity contribution < 1.29 is 4.79 Å². The standard InChI is InChI=1S/C15H24N2OS/c1-4-19-11-5-10-16-14-8-6-13(7-9-14)15(18)17-12(2)3/h6-9,12,16H,4-5,10-11H2,1-3H3,(H,17,18). The van der Waals surface area contributed by atoms with Crippen LogP contribution in [0.4, 0.5) is 5.69 Å². The maximum atomic E-state index is 11.8. The molecule has 4 heteroatoms. The molecule has 0 saturated heterocycles. The van der Waals surface area contributed by atoms with E-state index in [1.165, 1.54) is 11.5 Å². The van der Waals surface area contributed by atoms with Gasteiger partial charge in [-0.05, 0) is 56.0 Å². The lowest BCUT2D eigenvalue weighted by Crippen LogP contribution is -2.29. The second-order valence-electron chi connectivity index (χ2n) is 4.68. The first-order chi connectivity index (χ1) is 9.13. The molecule has 0 unspecified atom stereocenters. The van der Waals surface area contributed by atoms with E-state index in [9.17, 15) is 4.79 Å². The molecule has 0 aliphatic heterocycles. The number of hydrogen-bond acceptors (Lipinski definition) is 3. The predicted molar refractivity (Wildman–Crippen MR) is 85.1 cm³/mol. The summed E-state index contributed by atoms with van der Waals surface area (Å²) in [5.41, 5.74) is 1.78. The molecule has 1 aromatic rings. The van der Waals surface area contributed by atoms with E-state index < -0.39 is 0 Å². The van der Waals surface area contributed by atoms with Crippen molar-refractivity contribution in [1.29, 1.82) is 0 Å². The zero-order valence-corrected chi connectivity index (χ0v) is 12.8. The normalized spacial score (nSPS) is 10.5. The van der Waals surface area contributed by atoms with Crippen LogP contribution < -0.4 is 10.6 Å². The van der Waals surface area contributed by atoms with Crippen molar-refractivity contribution in [2.24, 2.45) is 0 Å². The Kier molecular flexibility index (Phi) is 7.41. The van der Waals surface area contributed by atoms with E-state index >= 15 is 0 Å². The molecule has 0 atom stereocenters. The molecule has 0 radical (unpaired) electrons. The van der Waals surface area contributed by atoms with Crippen LogP contribution in [0.2, 0.25) is 0 Å². The Morgan fingerprint density at radius 2 is 1.95 bits per heavy atom. The highest BCUT2D eigenvalue weighted by molar-refractivity contribution is 7.99. The van der Waals surface area contributed by atoms with Crippen LogP contribution in [-0.2, 0) is 0 Å². The highest BCUT2D eigenvalue weighted by Crippen LogP contribution is 2.10. The monoisotopic (exact) mass is 280 g/mol. The third kappa shape index (κ3) is 6.53. The molecule has 0 aromatic heterocycles. The second-order valence-corrected chi connectivity index (χ2v) is 6.08. The van der Waals surface area contributed by atoms with Gasteiger partial charge in [0.15, 0.2) is 0 Å². The number of benzene rings is 1. The molecule has 0 heterocycles. The van der Waals surface area contributed by atoms with E-state index in [1.807, 2.05) is 49.9 Å². The maximum Gasteiger partial charge on any atom is 0.251 e.